The Bertz CT molecular complexity index is 453. The van der Waals surface area contributed by atoms with Crippen molar-refractivity contribution in [2.45, 2.75) is 6.42 Å². The predicted molar refractivity (Wildman–Crippen MR) is 72.2 cm³/mol. The van der Waals surface area contributed by atoms with Crippen molar-refractivity contribution in [1.29, 1.82) is 0 Å². The number of pyridine rings is 1. The molecule has 1 aliphatic heterocycles. The molecule has 1 aromatic heterocycles. The maximum atomic E-state index is 11.9. The van der Waals surface area contributed by atoms with Crippen LogP contribution in [0.2, 0.25) is 10.2 Å². The highest BCUT2D eigenvalue weighted by atomic mass is 35.5. The highest BCUT2D eigenvalue weighted by Gasteiger charge is 2.20. The average molecular weight is 288 g/mol. The van der Waals surface area contributed by atoms with Crippen LogP contribution in [-0.2, 0) is 0 Å². The number of likely N-dealkylation sites (tertiary alicyclic amines) is 1. The lowest BCUT2D eigenvalue weighted by Gasteiger charge is -2.11. The van der Waals surface area contributed by atoms with Crippen molar-refractivity contribution in [3.8, 4) is 0 Å². The Morgan fingerprint density at radius 1 is 1.61 bits per heavy atom. The summed E-state index contributed by atoms with van der Waals surface area (Å²) in [4.78, 5) is 18.0. The quantitative estimate of drug-likeness (QED) is 0.866. The average Bonchev–Trinajstić information content (AvgIpc) is 2.75. The van der Waals surface area contributed by atoms with E-state index >= 15 is 0 Å². The van der Waals surface area contributed by atoms with Gasteiger partial charge in [-0.25, -0.2) is 4.98 Å². The van der Waals surface area contributed by atoms with Gasteiger partial charge in [0.25, 0.3) is 5.91 Å². The molecule has 1 saturated heterocycles. The number of carbonyl (C=O) groups is 1. The molecule has 1 N–H and O–H groups in total. The topological polar surface area (TPSA) is 45.2 Å². The van der Waals surface area contributed by atoms with Crippen LogP contribution in [0.15, 0.2) is 12.3 Å². The fourth-order valence-electron chi connectivity index (χ4n) is 2.08. The van der Waals surface area contributed by atoms with Crippen LogP contribution in [0.5, 0.6) is 0 Å². The Morgan fingerprint density at radius 3 is 3.00 bits per heavy atom. The minimum Gasteiger partial charge on any atom is -0.352 e. The van der Waals surface area contributed by atoms with Gasteiger partial charge in [-0.2, -0.15) is 0 Å². The highest BCUT2D eigenvalue weighted by molar-refractivity contribution is 6.41. The summed E-state index contributed by atoms with van der Waals surface area (Å²) in [6.07, 6.45) is 2.56. The van der Waals surface area contributed by atoms with Gasteiger partial charge in [-0.15, -0.1) is 0 Å². The van der Waals surface area contributed by atoms with Gasteiger partial charge in [0, 0.05) is 19.3 Å². The number of rotatable bonds is 3. The Balaban J connectivity index is 1.89. The molecule has 98 valence electrons. The van der Waals surface area contributed by atoms with Gasteiger partial charge in [-0.3, -0.25) is 4.79 Å². The number of hydrogen-bond acceptors (Lipinski definition) is 3. The number of nitrogens with one attached hydrogen (secondary N) is 1. The minimum absolute atomic E-state index is 0.157. The van der Waals surface area contributed by atoms with E-state index < -0.39 is 0 Å². The summed E-state index contributed by atoms with van der Waals surface area (Å²) >= 11 is 11.5. The first kappa shape index (κ1) is 13.6. The lowest BCUT2D eigenvalue weighted by Crippen LogP contribution is -2.30. The molecule has 1 aromatic rings. The van der Waals surface area contributed by atoms with E-state index in [1.165, 1.54) is 12.3 Å². The molecule has 2 heterocycles. The van der Waals surface area contributed by atoms with Crippen molar-refractivity contribution in [2.24, 2.45) is 5.92 Å². The Morgan fingerprint density at radius 2 is 2.39 bits per heavy atom. The number of nitrogens with zero attached hydrogens (tertiary/aromatic N) is 2. The molecule has 4 nitrogen and oxygen atoms in total. The van der Waals surface area contributed by atoms with Crippen LogP contribution in [0.3, 0.4) is 0 Å². The van der Waals surface area contributed by atoms with Crippen molar-refractivity contribution < 1.29 is 4.79 Å². The van der Waals surface area contributed by atoms with Crippen LogP contribution in [0.4, 0.5) is 0 Å². The zero-order valence-corrected chi connectivity index (χ0v) is 11.6. The molecule has 18 heavy (non-hydrogen) atoms. The van der Waals surface area contributed by atoms with E-state index in [2.05, 4.69) is 22.2 Å². The second-order valence-corrected chi connectivity index (χ2v) is 5.39. The molecule has 0 aromatic carbocycles. The molecule has 0 bridgehead atoms. The summed E-state index contributed by atoms with van der Waals surface area (Å²) < 4.78 is 0. The van der Waals surface area contributed by atoms with Crippen molar-refractivity contribution in [2.75, 3.05) is 26.7 Å². The summed E-state index contributed by atoms with van der Waals surface area (Å²) in [5.41, 5.74) is 0.441. The van der Waals surface area contributed by atoms with E-state index in [1.807, 2.05) is 0 Å². The van der Waals surface area contributed by atoms with E-state index in [4.69, 9.17) is 23.2 Å². The Labute approximate surface area is 116 Å². The Hall–Kier alpha value is -0.840. The van der Waals surface area contributed by atoms with Crippen LogP contribution in [0, 0.1) is 5.92 Å². The lowest BCUT2D eigenvalue weighted by molar-refractivity contribution is 0.0947. The van der Waals surface area contributed by atoms with Crippen LogP contribution in [-0.4, -0.2) is 42.5 Å². The number of hydrogen-bond donors (Lipinski definition) is 1. The number of halogens is 2. The fourth-order valence-corrected chi connectivity index (χ4v) is 2.35. The van der Waals surface area contributed by atoms with Gasteiger partial charge in [0.2, 0.25) is 0 Å². The maximum Gasteiger partial charge on any atom is 0.252 e. The van der Waals surface area contributed by atoms with Gasteiger partial charge in [-0.1, -0.05) is 23.2 Å². The van der Waals surface area contributed by atoms with Crippen molar-refractivity contribution in [3.05, 3.63) is 28.0 Å². The summed E-state index contributed by atoms with van der Waals surface area (Å²) in [6, 6.07) is 1.53. The van der Waals surface area contributed by atoms with Gasteiger partial charge in [-0.05, 0) is 32.0 Å². The van der Waals surface area contributed by atoms with Crippen molar-refractivity contribution >= 4 is 29.1 Å². The van der Waals surface area contributed by atoms with Crippen molar-refractivity contribution in [1.82, 2.24) is 15.2 Å². The zero-order chi connectivity index (χ0) is 13.1. The van der Waals surface area contributed by atoms with Gasteiger partial charge < -0.3 is 10.2 Å². The van der Waals surface area contributed by atoms with Crippen LogP contribution in [0.1, 0.15) is 16.8 Å². The van der Waals surface area contributed by atoms with Crippen molar-refractivity contribution in [3.63, 3.8) is 0 Å². The van der Waals surface area contributed by atoms with Crippen LogP contribution in [0.25, 0.3) is 0 Å². The Kier molecular flexibility index (Phi) is 4.43. The maximum absolute atomic E-state index is 11.9. The summed E-state index contributed by atoms with van der Waals surface area (Å²) in [5, 5.41) is 3.41. The van der Waals surface area contributed by atoms with Gasteiger partial charge in [0.1, 0.15) is 5.15 Å². The fraction of sp³-hybridized carbons (Fsp3) is 0.500. The van der Waals surface area contributed by atoms with Crippen LogP contribution >= 0.6 is 23.2 Å². The molecule has 1 fully saturated rings. The summed E-state index contributed by atoms with van der Waals surface area (Å²) in [6.45, 7) is 2.80. The third-order valence-corrected chi connectivity index (χ3v) is 3.78. The van der Waals surface area contributed by atoms with E-state index in [0.717, 1.165) is 19.5 Å². The lowest BCUT2D eigenvalue weighted by atomic mass is 10.1. The number of carbonyl (C=O) groups excluding carboxylic acids is 1. The number of amides is 1. The van der Waals surface area contributed by atoms with Gasteiger partial charge in [0.15, 0.2) is 0 Å². The second-order valence-electron chi connectivity index (χ2n) is 4.62. The first-order chi connectivity index (χ1) is 8.56. The molecular formula is C12H15Cl2N3O. The smallest absolute Gasteiger partial charge is 0.252 e. The molecule has 0 radical (unpaired) electrons. The monoisotopic (exact) mass is 287 g/mol. The minimum atomic E-state index is -0.157. The van der Waals surface area contributed by atoms with Gasteiger partial charge >= 0.3 is 0 Å². The molecule has 1 amide bonds. The molecule has 0 spiro atoms. The normalized spacial score (nSPS) is 20.1. The third-order valence-electron chi connectivity index (χ3n) is 3.10. The van der Waals surface area contributed by atoms with E-state index in [0.29, 0.717) is 23.0 Å². The molecule has 0 aliphatic carbocycles. The molecule has 1 unspecified atom stereocenters. The van der Waals surface area contributed by atoms with E-state index in [1.54, 1.807) is 0 Å². The molecule has 1 atom stereocenters. The van der Waals surface area contributed by atoms with Crippen LogP contribution < -0.4 is 5.32 Å². The summed E-state index contributed by atoms with van der Waals surface area (Å²) in [5.74, 6) is 0.366. The first-order valence-corrected chi connectivity index (χ1v) is 6.59. The molecule has 0 saturated carbocycles. The largest absolute Gasteiger partial charge is 0.352 e. The molecule has 1 aliphatic rings. The highest BCUT2D eigenvalue weighted by Crippen LogP contribution is 2.19. The van der Waals surface area contributed by atoms with E-state index in [-0.39, 0.29) is 11.1 Å². The summed E-state index contributed by atoms with van der Waals surface area (Å²) in [7, 11) is 2.09. The molecule has 2 rings (SSSR count). The van der Waals surface area contributed by atoms with Gasteiger partial charge in [0.05, 0.1) is 10.6 Å². The standard InChI is InChI=1S/C12H15Cl2N3O/c1-17-3-2-8(7-17)5-16-12(18)9-4-10(13)11(14)15-6-9/h4,6,8H,2-3,5,7H2,1H3,(H,16,18). The SMILES string of the molecule is CN1CCC(CNC(=O)c2cnc(Cl)c(Cl)c2)C1. The zero-order valence-electron chi connectivity index (χ0n) is 10.1. The molecule has 6 heteroatoms. The second kappa shape index (κ2) is 5.87. The van der Waals surface area contributed by atoms with E-state index in [9.17, 15) is 4.79 Å². The molecular weight excluding hydrogens is 273 g/mol. The first-order valence-electron chi connectivity index (χ1n) is 5.84. The number of aromatic nitrogens is 1. The third kappa shape index (κ3) is 3.34. The predicted octanol–water partition coefficient (Wildman–Crippen LogP) is 2.07.